The van der Waals surface area contributed by atoms with Gasteiger partial charge in [-0.1, -0.05) is 0 Å². The quantitative estimate of drug-likeness (QED) is 0.661. The van der Waals surface area contributed by atoms with Crippen molar-refractivity contribution < 1.29 is 4.39 Å². The lowest BCUT2D eigenvalue weighted by Crippen LogP contribution is -1.87. The summed E-state index contributed by atoms with van der Waals surface area (Å²) in [6, 6.07) is 4.66. The fraction of sp³-hybridized carbons (Fsp3) is 0. The van der Waals surface area contributed by atoms with E-state index in [1.165, 1.54) is 12.4 Å². The summed E-state index contributed by atoms with van der Waals surface area (Å²) in [5, 5.41) is 0. The van der Waals surface area contributed by atoms with E-state index in [2.05, 4.69) is 15.0 Å². The Balaban J connectivity index is 2.42. The molecule has 0 aliphatic rings. The molecule has 4 heteroatoms. The minimum atomic E-state index is -0.349. The number of halogens is 1. The van der Waals surface area contributed by atoms with Gasteiger partial charge in [-0.05, 0) is 18.2 Å². The van der Waals surface area contributed by atoms with Gasteiger partial charge in [0, 0.05) is 6.20 Å². The van der Waals surface area contributed by atoms with Gasteiger partial charge in [0.15, 0.2) is 0 Å². The van der Waals surface area contributed by atoms with E-state index in [-0.39, 0.29) is 5.82 Å². The maximum Gasteiger partial charge on any atom is 0.141 e. The van der Waals surface area contributed by atoms with Crippen LogP contribution in [-0.2, 0) is 0 Å². The molecule has 2 aromatic heterocycles. The molecule has 0 radical (unpaired) electrons. The third-order valence-corrected chi connectivity index (χ3v) is 1.57. The van der Waals surface area contributed by atoms with Crippen LogP contribution < -0.4 is 0 Å². The van der Waals surface area contributed by atoms with Crippen molar-refractivity contribution in [3.8, 4) is 11.4 Å². The second-order valence-corrected chi connectivity index (χ2v) is 2.46. The highest BCUT2D eigenvalue weighted by Gasteiger charge is 1.98. The first-order valence-corrected chi connectivity index (χ1v) is 3.74. The Morgan fingerprint density at radius 2 is 1.85 bits per heavy atom. The van der Waals surface area contributed by atoms with Gasteiger partial charge >= 0.3 is 0 Å². The molecule has 0 N–H and O–H groups in total. The second-order valence-electron chi connectivity index (χ2n) is 2.46. The van der Waals surface area contributed by atoms with Crippen LogP contribution in [0.5, 0.6) is 0 Å². The van der Waals surface area contributed by atoms with Crippen LogP contribution in [0.3, 0.4) is 0 Å². The second kappa shape index (κ2) is 3.26. The standard InChI is InChI=1S/C9H6FN3/c10-7-1-2-8(12-5-7)9-3-4-11-6-13-9/h1-6H. The lowest BCUT2D eigenvalue weighted by Gasteiger charge is -1.96. The molecule has 2 heterocycles. The van der Waals surface area contributed by atoms with Gasteiger partial charge in [-0.2, -0.15) is 0 Å². The molecule has 0 bridgehead atoms. The first-order chi connectivity index (χ1) is 6.36. The first-order valence-electron chi connectivity index (χ1n) is 3.74. The topological polar surface area (TPSA) is 38.7 Å². The van der Waals surface area contributed by atoms with E-state index < -0.39 is 0 Å². The molecule has 0 saturated carbocycles. The summed E-state index contributed by atoms with van der Waals surface area (Å²) in [6.45, 7) is 0. The summed E-state index contributed by atoms with van der Waals surface area (Å²) in [6.07, 6.45) is 4.21. The van der Waals surface area contributed by atoms with Crippen LogP contribution in [0.1, 0.15) is 0 Å². The summed E-state index contributed by atoms with van der Waals surface area (Å²) < 4.78 is 12.5. The first kappa shape index (κ1) is 7.79. The van der Waals surface area contributed by atoms with Gasteiger partial charge in [0.05, 0.1) is 17.6 Å². The summed E-state index contributed by atoms with van der Waals surface area (Å²) in [5.41, 5.74) is 1.33. The Morgan fingerprint density at radius 3 is 2.46 bits per heavy atom. The van der Waals surface area contributed by atoms with Crippen LogP contribution in [-0.4, -0.2) is 15.0 Å². The van der Waals surface area contributed by atoms with Crippen molar-refractivity contribution in [2.75, 3.05) is 0 Å². The third kappa shape index (κ3) is 1.66. The molecule has 2 aromatic rings. The van der Waals surface area contributed by atoms with Crippen molar-refractivity contribution >= 4 is 0 Å². The van der Waals surface area contributed by atoms with Crippen molar-refractivity contribution in [3.63, 3.8) is 0 Å². The van der Waals surface area contributed by atoms with Crippen LogP contribution in [0, 0.1) is 5.82 Å². The zero-order valence-electron chi connectivity index (χ0n) is 6.68. The molecular weight excluding hydrogens is 169 g/mol. The highest BCUT2D eigenvalue weighted by Crippen LogP contribution is 2.11. The van der Waals surface area contributed by atoms with Crippen molar-refractivity contribution in [1.82, 2.24) is 15.0 Å². The van der Waals surface area contributed by atoms with Crippen LogP contribution in [0.15, 0.2) is 36.9 Å². The molecule has 0 unspecified atom stereocenters. The Morgan fingerprint density at radius 1 is 1.00 bits per heavy atom. The molecule has 0 saturated heterocycles. The molecule has 3 nitrogen and oxygen atoms in total. The number of hydrogen-bond donors (Lipinski definition) is 0. The van der Waals surface area contributed by atoms with E-state index in [0.29, 0.717) is 11.4 Å². The molecule has 0 fully saturated rings. The van der Waals surface area contributed by atoms with Crippen LogP contribution in [0.25, 0.3) is 11.4 Å². The fourth-order valence-electron chi connectivity index (χ4n) is 0.970. The maximum atomic E-state index is 12.5. The van der Waals surface area contributed by atoms with E-state index in [1.54, 1.807) is 18.3 Å². The maximum absolute atomic E-state index is 12.5. The van der Waals surface area contributed by atoms with E-state index in [4.69, 9.17) is 0 Å². The Labute approximate surface area is 74.3 Å². The molecule has 0 atom stereocenters. The van der Waals surface area contributed by atoms with Gasteiger partial charge in [0.25, 0.3) is 0 Å². The van der Waals surface area contributed by atoms with Crippen LogP contribution in [0.2, 0.25) is 0 Å². The monoisotopic (exact) mass is 175 g/mol. The predicted molar refractivity (Wildman–Crippen MR) is 45.2 cm³/mol. The van der Waals surface area contributed by atoms with Crippen molar-refractivity contribution in [2.45, 2.75) is 0 Å². The zero-order chi connectivity index (χ0) is 9.10. The summed E-state index contributed by atoms with van der Waals surface area (Å²) in [4.78, 5) is 11.6. The van der Waals surface area contributed by atoms with Gasteiger partial charge in [0.1, 0.15) is 12.1 Å². The minimum Gasteiger partial charge on any atom is -0.252 e. The van der Waals surface area contributed by atoms with Gasteiger partial charge in [-0.25, -0.2) is 14.4 Å². The van der Waals surface area contributed by atoms with E-state index >= 15 is 0 Å². The van der Waals surface area contributed by atoms with Crippen LogP contribution >= 0.6 is 0 Å². The van der Waals surface area contributed by atoms with Gasteiger partial charge in [-0.15, -0.1) is 0 Å². The molecule has 2 rings (SSSR count). The highest BCUT2D eigenvalue weighted by molar-refractivity contribution is 5.52. The molecule has 0 amide bonds. The third-order valence-electron chi connectivity index (χ3n) is 1.57. The number of pyridine rings is 1. The van der Waals surface area contributed by atoms with Crippen molar-refractivity contribution in [3.05, 3.63) is 42.7 Å². The lowest BCUT2D eigenvalue weighted by atomic mass is 10.2. The summed E-state index contributed by atoms with van der Waals surface area (Å²) >= 11 is 0. The van der Waals surface area contributed by atoms with Gasteiger partial charge < -0.3 is 0 Å². The number of rotatable bonds is 1. The normalized spacial score (nSPS) is 9.92. The van der Waals surface area contributed by atoms with Gasteiger partial charge in [-0.3, -0.25) is 4.98 Å². The zero-order valence-corrected chi connectivity index (χ0v) is 6.68. The molecular formula is C9H6FN3. The van der Waals surface area contributed by atoms with Crippen LogP contribution in [0.4, 0.5) is 4.39 Å². The molecule has 0 aromatic carbocycles. The molecule has 0 aliphatic heterocycles. The van der Waals surface area contributed by atoms with Gasteiger partial charge in [0.2, 0.25) is 0 Å². The number of aromatic nitrogens is 3. The van der Waals surface area contributed by atoms with Crippen molar-refractivity contribution in [1.29, 1.82) is 0 Å². The molecule has 13 heavy (non-hydrogen) atoms. The molecule has 0 aliphatic carbocycles. The number of hydrogen-bond acceptors (Lipinski definition) is 3. The predicted octanol–water partition coefficient (Wildman–Crippen LogP) is 1.68. The number of nitrogens with zero attached hydrogens (tertiary/aromatic N) is 3. The van der Waals surface area contributed by atoms with E-state index in [0.717, 1.165) is 6.20 Å². The SMILES string of the molecule is Fc1ccc(-c2ccncn2)nc1. The minimum absolute atomic E-state index is 0.349. The summed E-state index contributed by atoms with van der Waals surface area (Å²) in [7, 11) is 0. The fourth-order valence-corrected chi connectivity index (χ4v) is 0.970. The van der Waals surface area contributed by atoms with E-state index in [9.17, 15) is 4.39 Å². The van der Waals surface area contributed by atoms with Crippen molar-refractivity contribution in [2.24, 2.45) is 0 Å². The highest BCUT2D eigenvalue weighted by atomic mass is 19.1. The molecule has 0 spiro atoms. The smallest absolute Gasteiger partial charge is 0.141 e. The largest absolute Gasteiger partial charge is 0.252 e. The van der Waals surface area contributed by atoms with E-state index in [1.807, 2.05) is 0 Å². The average Bonchev–Trinajstić information content (AvgIpc) is 2.20. The Bertz CT molecular complexity index is 385. The molecule has 64 valence electrons. The average molecular weight is 175 g/mol. The lowest BCUT2D eigenvalue weighted by molar-refractivity contribution is 0.622. The summed E-state index contributed by atoms with van der Waals surface area (Å²) in [5.74, 6) is -0.349. The Kier molecular flexibility index (Phi) is 1.96. The Hall–Kier alpha value is -1.84.